The van der Waals surface area contributed by atoms with Crippen molar-refractivity contribution in [1.29, 1.82) is 0 Å². The molecule has 7 atom stereocenters. The molecule has 2 saturated heterocycles. The lowest BCUT2D eigenvalue weighted by Crippen LogP contribution is -2.65. The van der Waals surface area contributed by atoms with Crippen molar-refractivity contribution in [2.24, 2.45) is 17.8 Å². The van der Waals surface area contributed by atoms with Gasteiger partial charge < -0.3 is 19.3 Å². The first-order valence-corrected chi connectivity index (χ1v) is 10.7. The number of methoxy groups -OCH3 is 1. The Kier molecular flexibility index (Phi) is 4.30. The molecule has 3 fully saturated rings. The third-order valence-corrected chi connectivity index (χ3v) is 8.11. The minimum Gasteiger partial charge on any atom is -0.381 e. The molecule has 3 aliphatic heterocycles. The van der Waals surface area contributed by atoms with Gasteiger partial charge in [-0.1, -0.05) is 18.2 Å². The average molecular weight is 399 g/mol. The van der Waals surface area contributed by atoms with Crippen LogP contribution in [-0.4, -0.2) is 62.3 Å². The number of hydrogen-bond acceptors (Lipinski definition) is 4. The van der Waals surface area contributed by atoms with E-state index in [2.05, 4.69) is 18.2 Å². The number of anilines is 1. The van der Waals surface area contributed by atoms with E-state index in [1.54, 1.807) is 14.0 Å². The van der Waals surface area contributed by atoms with Crippen LogP contribution < -0.4 is 4.90 Å². The Morgan fingerprint density at radius 1 is 1.31 bits per heavy atom. The molecule has 2 amide bonds. The minimum absolute atomic E-state index is 0.00287. The fourth-order valence-electron chi connectivity index (χ4n) is 6.94. The number of carbonyl (C=O) groups excluding carboxylic acids is 2. The fourth-order valence-corrected chi connectivity index (χ4v) is 6.94. The molecular weight excluding hydrogens is 368 g/mol. The summed E-state index contributed by atoms with van der Waals surface area (Å²) in [5, 5.41) is 0. The van der Waals surface area contributed by atoms with Crippen LogP contribution in [0.1, 0.15) is 32.3 Å². The van der Waals surface area contributed by atoms with Crippen LogP contribution in [0.4, 0.5) is 5.69 Å². The fraction of sp³-hybridized carbons (Fsp3) is 0.652. The summed E-state index contributed by atoms with van der Waals surface area (Å²) < 4.78 is 12.3. The number of hydrogen-bond donors (Lipinski definition) is 0. The molecule has 156 valence electrons. The van der Waals surface area contributed by atoms with Gasteiger partial charge in [0.1, 0.15) is 0 Å². The molecule has 1 saturated carbocycles. The molecule has 6 heteroatoms. The number of nitrogens with zero attached hydrogens (tertiary/aromatic N) is 2. The van der Waals surface area contributed by atoms with Gasteiger partial charge in [0, 0.05) is 50.6 Å². The predicted molar refractivity (Wildman–Crippen MR) is 109 cm³/mol. The molecule has 2 bridgehead atoms. The van der Waals surface area contributed by atoms with Crippen molar-refractivity contribution in [2.45, 2.75) is 50.4 Å². The maximum atomic E-state index is 13.4. The largest absolute Gasteiger partial charge is 0.381 e. The number of benzene rings is 1. The van der Waals surface area contributed by atoms with Crippen LogP contribution in [0.2, 0.25) is 0 Å². The van der Waals surface area contributed by atoms with Crippen LogP contribution in [0.25, 0.3) is 0 Å². The molecule has 3 heterocycles. The van der Waals surface area contributed by atoms with Gasteiger partial charge in [-0.3, -0.25) is 9.59 Å². The second-order valence-corrected chi connectivity index (χ2v) is 9.30. The van der Waals surface area contributed by atoms with E-state index < -0.39 is 0 Å². The molecule has 0 aromatic heterocycles. The first kappa shape index (κ1) is 19.1. The van der Waals surface area contributed by atoms with E-state index >= 15 is 0 Å². The summed E-state index contributed by atoms with van der Waals surface area (Å²) in [5.74, 6) is 0.0898. The highest BCUT2D eigenvalue weighted by Crippen LogP contribution is 2.60. The van der Waals surface area contributed by atoms with E-state index in [1.165, 1.54) is 5.56 Å². The third kappa shape index (κ3) is 2.42. The van der Waals surface area contributed by atoms with E-state index in [9.17, 15) is 9.59 Å². The number of amides is 2. The zero-order valence-electron chi connectivity index (χ0n) is 17.6. The maximum absolute atomic E-state index is 13.4. The van der Waals surface area contributed by atoms with E-state index in [1.807, 2.05) is 29.8 Å². The van der Waals surface area contributed by atoms with Gasteiger partial charge in [0.15, 0.2) is 0 Å². The molecule has 1 aliphatic carbocycles. The molecule has 0 radical (unpaired) electrons. The molecule has 4 aliphatic rings. The van der Waals surface area contributed by atoms with Crippen LogP contribution >= 0.6 is 0 Å². The van der Waals surface area contributed by atoms with E-state index in [4.69, 9.17) is 9.47 Å². The van der Waals surface area contributed by atoms with Gasteiger partial charge in [0.2, 0.25) is 11.8 Å². The van der Waals surface area contributed by atoms with E-state index in [-0.39, 0.29) is 53.2 Å². The molecule has 0 N–H and O–H groups in total. The Hall–Kier alpha value is -1.92. The summed E-state index contributed by atoms with van der Waals surface area (Å²) >= 11 is 0. The first-order valence-electron chi connectivity index (χ1n) is 10.7. The summed E-state index contributed by atoms with van der Waals surface area (Å²) in [4.78, 5) is 30.2. The van der Waals surface area contributed by atoms with Gasteiger partial charge in [0.25, 0.3) is 0 Å². The van der Waals surface area contributed by atoms with E-state index in [0.717, 1.165) is 18.5 Å². The quantitative estimate of drug-likeness (QED) is 0.728. The van der Waals surface area contributed by atoms with E-state index in [0.29, 0.717) is 13.2 Å². The van der Waals surface area contributed by atoms with Gasteiger partial charge in [-0.25, -0.2) is 0 Å². The van der Waals surface area contributed by atoms with Gasteiger partial charge in [-0.15, -0.1) is 0 Å². The average Bonchev–Trinajstić information content (AvgIpc) is 3.03. The highest BCUT2D eigenvalue weighted by atomic mass is 16.5. The molecule has 29 heavy (non-hydrogen) atoms. The minimum atomic E-state index is -0.239. The zero-order chi connectivity index (χ0) is 20.5. The van der Waals surface area contributed by atoms with Gasteiger partial charge in [0.05, 0.1) is 30.8 Å². The summed E-state index contributed by atoms with van der Waals surface area (Å²) in [6, 6.07) is 8.31. The topological polar surface area (TPSA) is 59.1 Å². The number of ether oxygens (including phenoxy) is 2. The first-order chi connectivity index (χ1) is 13.9. The van der Waals surface area contributed by atoms with Gasteiger partial charge in [-0.05, 0) is 31.4 Å². The second-order valence-electron chi connectivity index (χ2n) is 9.30. The highest BCUT2D eigenvalue weighted by Gasteiger charge is 2.65. The Morgan fingerprint density at radius 2 is 2.07 bits per heavy atom. The third-order valence-electron chi connectivity index (χ3n) is 8.11. The molecule has 1 aromatic carbocycles. The Labute approximate surface area is 172 Å². The lowest BCUT2D eigenvalue weighted by atomic mass is 9.55. The van der Waals surface area contributed by atoms with Crippen LogP contribution in [0, 0.1) is 17.8 Å². The molecule has 7 unspecified atom stereocenters. The number of rotatable bonds is 1. The Morgan fingerprint density at radius 3 is 2.79 bits per heavy atom. The van der Waals surface area contributed by atoms with Crippen molar-refractivity contribution in [2.75, 3.05) is 32.2 Å². The van der Waals surface area contributed by atoms with Crippen molar-refractivity contribution in [1.82, 2.24) is 4.90 Å². The predicted octanol–water partition coefficient (Wildman–Crippen LogP) is 2.21. The van der Waals surface area contributed by atoms with Crippen molar-refractivity contribution in [3.63, 3.8) is 0 Å². The van der Waals surface area contributed by atoms with Crippen LogP contribution in [-0.2, 0) is 24.5 Å². The summed E-state index contributed by atoms with van der Waals surface area (Å²) in [7, 11) is 3.67. The molecule has 1 aromatic rings. The molecule has 1 spiro atoms. The number of fused-ring (bicyclic) bond motifs is 3. The van der Waals surface area contributed by atoms with Gasteiger partial charge in [-0.2, -0.15) is 0 Å². The molecule has 5 rings (SSSR count). The standard InChI is InChI=1S/C23H30N2O4/c1-13-19-20-15(12-29-13)21-23(11-18(20)28-4,9-10-24(3)22(19)27)16-7-5-6-8-17(16)25(21)14(2)26/h5-8,13,15,18-21H,9-12H2,1-4H3. The molecule has 6 nitrogen and oxygen atoms in total. The maximum Gasteiger partial charge on any atom is 0.228 e. The van der Waals surface area contributed by atoms with Gasteiger partial charge >= 0.3 is 0 Å². The highest BCUT2D eigenvalue weighted by molar-refractivity contribution is 5.96. The summed E-state index contributed by atoms with van der Waals surface area (Å²) in [5.41, 5.74) is 2.01. The summed E-state index contributed by atoms with van der Waals surface area (Å²) in [6.07, 6.45) is 1.48. The Bertz CT molecular complexity index is 857. The lowest BCUT2D eigenvalue weighted by Gasteiger charge is -2.56. The van der Waals surface area contributed by atoms with Crippen LogP contribution in [0.3, 0.4) is 0 Å². The van der Waals surface area contributed by atoms with Crippen molar-refractivity contribution in [3.8, 4) is 0 Å². The second kappa shape index (κ2) is 6.54. The van der Waals surface area contributed by atoms with Crippen molar-refractivity contribution < 1.29 is 19.1 Å². The smallest absolute Gasteiger partial charge is 0.228 e. The zero-order valence-corrected chi connectivity index (χ0v) is 17.6. The monoisotopic (exact) mass is 398 g/mol. The lowest BCUT2D eigenvalue weighted by molar-refractivity contribution is -0.175. The number of carbonyl (C=O) groups is 2. The Balaban J connectivity index is 1.76. The number of para-hydroxylation sites is 1. The van der Waals surface area contributed by atoms with Crippen molar-refractivity contribution in [3.05, 3.63) is 29.8 Å². The van der Waals surface area contributed by atoms with Crippen LogP contribution in [0.5, 0.6) is 0 Å². The van der Waals surface area contributed by atoms with Crippen molar-refractivity contribution >= 4 is 17.5 Å². The SMILES string of the molecule is COC1CC23CCN(C)C(=O)C4C(C)OCC(C14)C2N(C(C)=O)c1ccccc13. The van der Waals surface area contributed by atoms with Crippen LogP contribution in [0.15, 0.2) is 24.3 Å². The summed E-state index contributed by atoms with van der Waals surface area (Å²) in [6.45, 7) is 4.90. The molecular formula is C23H30N2O4. The normalized spacial score (nSPS) is 40.8.